The van der Waals surface area contributed by atoms with Gasteiger partial charge in [0.2, 0.25) is 11.8 Å². The van der Waals surface area contributed by atoms with Gasteiger partial charge in [0.05, 0.1) is 6.42 Å². The normalized spacial score (nSPS) is 17.8. The Morgan fingerprint density at radius 1 is 0.909 bits per heavy atom. The smallest absolute Gasteiger partial charge is 0.365 e. The van der Waals surface area contributed by atoms with Crippen molar-refractivity contribution < 1.29 is 14.3 Å². The second kappa shape index (κ2) is 9.28. The molecular formula is C27H25N3O3. The van der Waals surface area contributed by atoms with Crippen molar-refractivity contribution in [2.45, 2.75) is 12.8 Å². The minimum Gasteiger partial charge on any atom is -0.402 e. The van der Waals surface area contributed by atoms with Crippen molar-refractivity contribution in [1.29, 1.82) is 0 Å². The number of rotatable bonds is 4. The maximum atomic E-state index is 12.7. The molecule has 0 atom stereocenters. The molecule has 0 radical (unpaired) electrons. The summed E-state index contributed by atoms with van der Waals surface area (Å²) in [6.07, 6.45) is 3.01. The van der Waals surface area contributed by atoms with E-state index in [1.165, 1.54) is 0 Å². The van der Waals surface area contributed by atoms with E-state index in [-0.39, 0.29) is 5.91 Å². The first-order valence-corrected chi connectivity index (χ1v) is 11.2. The molecule has 5 rings (SSSR count). The molecule has 0 aliphatic carbocycles. The lowest BCUT2D eigenvalue weighted by molar-refractivity contribution is -0.131. The first kappa shape index (κ1) is 20.9. The van der Waals surface area contributed by atoms with Crippen LogP contribution < -0.4 is 0 Å². The molecule has 1 amide bonds. The standard InChI is InChI=1S/C27H25N3O3/c31-25(18-20-8-2-1-3-9-20)30-15-7-14-29(16-17-30)19-24-27(32)33-26(28-24)23-13-6-11-21-10-4-5-12-22(21)23/h1-6,8-13,19H,7,14-18H2. The van der Waals surface area contributed by atoms with Gasteiger partial charge in [-0.25, -0.2) is 9.79 Å². The predicted octanol–water partition coefficient (Wildman–Crippen LogP) is 3.76. The molecule has 166 valence electrons. The van der Waals surface area contributed by atoms with Crippen molar-refractivity contribution in [3.05, 3.63) is 95.8 Å². The van der Waals surface area contributed by atoms with E-state index in [1.54, 1.807) is 6.20 Å². The number of fused-ring (bicyclic) bond motifs is 1. The maximum absolute atomic E-state index is 12.7. The Kier molecular flexibility index (Phi) is 5.89. The van der Waals surface area contributed by atoms with Crippen LogP contribution in [-0.2, 0) is 20.7 Å². The number of hydrogen-bond donors (Lipinski definition) is 0. The molecule has 0 unspecified atom stereocenters. The van der Waals surface area contributed by atoms with Crippen LogP contribution in [0.5, 0.6) is 0 Å². The molecule has 0 bridgehead atoms. The summed E-state index contributed by atoms with van der Waals surface area (Å²) in [5.41, 5.74) is 2.12. The van der Waals surface area contributed by atoms with Crippen LogP contribution in [0, 0.1) is 0 Å². The molecule has 1 saturated heterocycles. The van der Waals surface area contributed by atoms with Gasteiger partial charge in [-0.1, -0.05) is 66.7 Å². The number of carbonyl (C=O) groups excluding carboxylic acids is 2. The van der Waals surface area contributed by atoms with E-state index in [2.05, 4.69) is 9.89 Å². The highest BCUT2D eigenvalue weighted by Crippen LogP contribution is 2.24. The zero-order valence-corrected chi connectivity index (χ0v) is 18.3. The van der Waals surface area contributed by atoms with Crippen LogP contribution in [-0.4, -0.2) is 53.8 Å². The molecule has 0 aromatic heterocycles. The van der Waals surface area contributed by atoms with Gasteiger partial charge in [0.15, 0.2) is 5.70 Å². The fraction of sp³-hybridized carbons (Fsp3) is 0.222. The zero-order chi connectivity index (χ0) is 22.6. The van der Waals surface area contributed by atoms with Crippen LogP contribution in [0.1, 0.15) is 17.5 Å². The van der Waals surface area contributed by atoms with Gasteiger partial charge in [0.25, 0.3) is 0 Å². The predicted molar refractivity (Wildman–Crippen MR) is 128 cm³/mol. The first-order chi connectivity index (χ1) is 16.2. The van der Waals surface area contributed by atoms with Crippen molar-refractivity contribution in [2.24, 2.45) is 4.99 Å². The Hall–Kier alpha value is -3.93. The largest absolute Gasteiger partial charge is 0.402 e. The van der Waals surface area contributed by atoms with E-state index in [1.807, 2.05) is 77.7 Å². The summed E-state index contributed by atoms with van der Waals surface area (Å²) in [6.45, 7) is 2.73. The second-order valence-electron chi connectivity index (χ2n) is 8.28. The molecule has 2 aliphatic heterocycles. The number of benzene rings is 3. The maximum Gasteiger partial charge on any atom is 0.365 e. The lowest BCUT2D eigenvalue weighted by Gasteiger charge is -2.21. The third-order valence-electron chi connectivity index (χ3n) is 6.03. The van der Waals surface area contributed by atoms with Crippen molar-refractivity contribution in [2.75, 3.05) is 26.2 Å². The molecule has 1 fully saturated rings. The molecule has 0 N–H and O–H groups in total. The van der Waals surface area contributed by atoms with Gasteiger partial charge in [-0.3, -0.25) is 4.79 Å². The molecule has 2 aliphatic rings. The summed E-state index contributed by atoms with van der Waals surface area (Å²) in [7, 11) is 0. The zero-order valence-electron chi connectivity index (χ0n) is 18.3. The van der Waals surface area contributed by atoms with E-state index >= 15 is 0 Å². The quantitative estimate of drug-likeness (QED) is 0.459. The molecule has 6 heteroatoms. The molecule has 3 aromatic rings. The van der Waals surface area contributed by atoms with E-state index in [0.717, 1.165) is 34.9 Å². The number of ether oxygens (including phenoxy) is 1. The number of esters is 1. The fourth-order valence-electron chi connectivity index (χ4n) is 4.30. The van der Waals surface area contributed by atoms with Gasteiger partial charge >= 0.3 is 5.97 Å². The molecule has 33 heavy (non-hydrogen) atoms. The van der Waals surface area contributed by atoms with Gasteiger partial charge in [0.1, 0.15) is 0 Å². The number of aliphatic imine (C=N–C) groups is 1. The lowest BCUT2D eigenvalue weighted by Crippen LogP contribution is -2.35. The molecule has 0 spiro atoms. The van der Waals surface area contributed by atoms with Crippen molar-refractivity contribution in [3.63, 3.8) is 0 Å². The van der Waals surface area contributed by atoms with Crippen LogP contribution in [0.15, 0.2) is 89.7 Å². The average Bonchev–Trinajstić information content (AvgIpc) is 3.04. The van der Waals surface area contributed by atoms with Gasteiger partial charge in [-0.05, 0) is 28.8 Å². The van der Waals surface area contributed by atoms with Crippen LogP contribution >= 0.6 is 0 Å². The third-order valence-corrected chi connectivity index (χ3v) is 6.03. The van der Waals surface area contributed by atoms with Crippen LogP contribution in [0.2, 0.25) is 0 Å². The Morgan fingerprint density at radius 3 is 2.58 bits per heavy atom. The minimum atomic E-state index is -0.445. The second-order valence-corrected chi connectivity index (χ2v) is 8.28. The number of cyclic esters (lactones) is 1. The number of amides is 1. The van der Waals surface area contributed by atoms with E-state index < -0.39 is 5.97 Å². The molecule has 2 heterocycles. The summed E-state index contributed by atoms with van der Waals surface area (Å²) in [5, 5.41) is 2.06. The number of hydrogen-bond acceptors (Lipinski definition) is 5. The Balaban J connectivity index is 1.29. The molecule has 6 nitrogen and oxygen atoms in total. The van der Waals surface area contributed by atoms with E-state index in [0.29, 0.717) is 37.6 Å². The van der Waals surface area contributed by atoms with Gasteiger partial charge in [-0.2, -0.15) is 0 Å². The van der Waals surface area contributed by atoms with Gasteiger partial charge < -0.3 is 14.5 Å². The van der Waals surface area contributed by atoms with Crippen LogP contribution in [0.25, 0.3) is 10.8 Å². The summed E-state index contributed by atoms with van der Waals surface area (Å²) in [6, 6.07) is 23.6. The summed E-state index contributed by atoms with van der Waals surface area (Å²) in [5.74, 6) is 0.0176. The number of carbonyl (C=O) groups is 2. The van der Waals surface area contributed by atoms with Crippen molar-refractivity contribution >= 4 is 28.5 Å². The topological polar surface area (TPSA) is 62.2 Å². The fourth-order valence-corrected chi connectivity index (χ4v) is 4.30. The summed E-state index contributed by atoms with van der Waals surface area (Å²) >= 11 is 0. The van der Waals surface area contributed by atoms with Gasteiger partial charge in [0, 0.05) is 37.9 Å². The molecule has 3 aromatic carbocycles. The highest BCUT2D eigenvalue weighted by molar-refractivity contribution is 6.16. The van der Waals surface area contributed by atoms with E-state index in [9.17, 15) is 9.59 Å². The molecule has 0 saturated carbocycles. The van der Waals surface area contributed by atoms with E-state index in [4.69, 9.17) is 4.74 Å². The Labute approximate surface area is 192 Å². The minimum absolute atomic E-state index is 0.132. The monoisotopic (exact) mass is 439 g/mol. The van der Waals surface area contributed by atoms with Crippen molar-refractivity contribution in [3.8, 4) is 0 Å². The lowest BCUT2D eigenvalue weighted by atomic mass is 10.0. The molecular weight excluding hydrogens is 414 g/mol. The Morgan fingerprint density at radius 2 is 1.70 bits per heavy atom. The third kappa shape index (κ3) is 4.65. The Bertz CT molecular complexity index is 1240. The highest BCUT2D eigenvalue weighted by Gasteiger charge is 2.27. The van der Waals surface area contributed by atoms with Crippen LogP contribution in [0.3, 0.4) is 0 Å². The summed E-state index contributed by atoms with van der Waals surface area (Å²) < 4.78 is 5.52. The summed E-state index contributed by atoms with van der Waals surface area (Å²) in [4.78, 5) is 33.7. The van der Waals surface area contributed by atoms with Gasteiger partial charge in [-0.15, -0.1) is 0 Å². The van der Waals surface area contributed by atoms with Crippen LogP contribution in [0.4, 0.5) is 0 Å². The highest BCUT2D eigenvalue weighted by atomic mass is 16.6. The number of nitrogens with zero attached hydrogens (tertiary/aromatic N) is 3. The average molecular weight is 440 g/mol. The SMILES string of the molecule is O=C1OC(c2cccc3ccccc23)=NC1=CN1CCCN(C(=O)Cc2ccccc2)CC1. The first-order valence-electron chi connectivity index (χ1n) is 11.2. The van der Waals surface area contributed by atoms with Crippen molar-refractivity contribution in [1.82, 2.24) is 9.80 Å².